The van der Waals surface area contributed by atoms with E-state index >= 15 is 0 Å². The van der Waals surface area contributed by atoms with Crippen molar-refractivity contribution in [1.82, 2.24) is 19.1 Å². The molecule has 3 unspecified atom stereocenters. The molecule has 0 radical (unpaired) electrons. The monoisotopic (exact) mass is 658 g/mol. The van der Waals surface area contributed by atoms with Crippen LogP contribution in [0.2, 0.25) is 0 Å². The van der Waals surface area contributed by atoms with Crippen LogP contribution in [0.3, 0.4) is 0 Å². The zero-order chi connectivity index (χ0) is 32.8. The molecule has 2 amide bonds. The lowest BCUT2D eigenvalue weighted by Crippen LogP contribution is -2.56. The Kier molecular flexibility index (Phi) is 7.48. The molecule has 9 nitrogen and oxygen atoms in total. The second-order valence-corrected chi connectivity index (χ2v) is 17.1. The Hall–Kier alpha value is -3.37. The highest BCUT2D eigenvalue weighted by Crippen LogP contribution is 2.55. The van der Waals surface area contributed by atoms with Gasteiger partial charge >= 0.3 is 0 Å². The average Bonchev–Trinajstić information content (AvgIpc) is 3.59. The van der Waals surface area contributed by atoms with Crippen molar-refractivity contribution in [3.05, 3.63) is 63.9 Å². The first kappa shape index (κ1) is 30.9. The van der Waals surface area contributed by atoms with Crippen LogP contribution >= 0.6 is 0 Å². The third-order valence-corrected chi connectivity index (χ3v) is 13.5. The summed E-state index contributed by atoms with van der Waals surface area (Å²) in [4.78, 5) is 33.0. The first-order valence-electron chi connectivity index (χ1n) is 17.5. The number of hydrogen-bond acceptors (Lipinski definition) is 6. The Morgan fingerprint density at radius 2 is 1.74 bits per heavy atom. The highest BCUT2D eigenvalue weighted by molar-refractivity contribution is 7.90. The number of methoxy groups -OCH3 is 1. The van der Waals surface area contributed by atoms with E-state index in [0.29, 0.717) is 24.5 Å². The SMILES string of the molecule is COc1ccc(C2CCCCC2)c2c1cc1n2CC2=C(C(=O)NS(=O)(=O)C(C)C)C2=C2C=CC[C@@H](C(=O)N3C4CCC3CN(C)C4)C21. The van der Waals surface area contributed by atoms with E-state index in [1.54, 1.807) is 21.0 Å². The molecule has 250 valence electrons. The number of rotatable bonds is 6. The fraction of sp³-hybridized carbons (Fsp3) is 0.568. The molecule has 2 aromatic rings. The molecule has 4 heterocycles. The predicted molar refractivity (Wildman–Crippen MR) is 182 cm³/mol. The summed E-state index contributed by atoms with van der Waals surface area (Å²) in [5.74, 6) is 0.295. The molecule has 3 fully saturated rings. The minimum atomic E-state index is -3.81. The highest BCUT2D eigenvalue weighted by Gasteiger charge is 2.50. The van der Waals surface area contributed by atoms with Gasteiger partial charge in [-0.05, 0) is 93.3 Å². The summed E-state index contributed by atoms with van der Waals surface area (Å²) >= 11 is 0. The van der Waals surface area contributed by atoms with Gasteiger partial charge in [-0.15, -0.1) is 0 Å². The van der Waals surface area contributed by atoms with Crippen LogP contribution in [0.4, 0.5) is 0 Å². The van der Waals surface area contributed by atoms with Crippen molar-refractivity contribution in [2.75, 3.05) is 27.2 Å². The summed E-state index contributed by atoms with van der Waals surface area (Å²) in [5.41, 5.74) is 6.63. The van der Waals surface area contributed by atoms with Crippen LogP contribution in [0, 0.1) is 5.92 Å². The number of sulfonamides is 1. The molecule has 3 aliphatic carbocycles. The minimum absolute atomic E-state index is 0.201. The molecule has 1 aromatic carbocycles. The number of allylic oxidation sites excluding steroid dienone is 4. The zero-order valence-corrected chi connectivity index (χ0v) is 28.7. The molecule has 1 N–H and O–H groups in total. The maximum atomic E-state index is 14.8. The average molecular weight is 659 g/mol. The van der Waals surface area contributed by atoms with E-state index in [9.17, 15) is 18.0 Å². The number of likely N-dealkylation sites (tertiary alicyclic amines) is 1. The molecule has 47 heavy (non-hydrogen) atoms. The molecule has 3 aliphatic heterocycles. The second kappa shape index (κ2) is 11.4. The van der Waals surface area contributed by atoms with Crippen LogP contribution in [0.15, 0.2) is 52.6 Å². The Morgan fingerprint density at radius 3 is 2.43 bits per heavy atom. The maximum Gasteiger partial charge on any atom is 0.265 e. The number of carbonyl (C=O) groups excluding carboxylic acids is 2. The van der Waals surface area contributed by atoms with E-state index in [1.165, 1.54) is 24.8 Å². The van der Waals surface area contributed by atoms with E-state index in [2.05, 4.69) is 56.5 Å². The van der Waals surface area contributed by atoms with Crippen LogP contribution in [0.25, 0.3) is 10.9 Å². The molecule has 2 saturated heterocycles. The lowest BCUT2D eigenvalue weighted by molar-refractivity contribution is -0.141. The van der Waals surface area contributed by atoms with Crippen LogP contribution < -0.4 is 9.46 Å². The van der Waals surface area contributed by atoms with Gasteiger partial charge in [0.1, 0.15) is 5.75 Å². The number of benzene rings is 1. The number of amides is 2. The van der Waals surface area contributed by atoms with Crippen LogP contribution in [0.5, 0.6) is 5.75 Å². The molecule has 8 rings (SSSR count). The fourth-order valence-electron chi connectivity index (χ4n) is 9.47. The van der Waals surface area contributed by atoms with Crippen LogP contribution in [-0.4, -0.2) is 79.2 Å². The maximum absolute atomic E-state index is 14.8. The Morgan fingerprint density at radius 1 is 1.02 bits per heavy atom. The first-order chi connectivity index (χ1) is 22.6. The van der Waals surface area contributed by atoms with E-state index in [-0.39, 0.29) is 29.8 Å². The van der Waals surface area contributed by atoms with Crippen molar-refractivity contribution < 1.29 is 22.7 Å². The number of aromatic nitrogens is 1. The van der Waals surface area contributed by atoms with E-state index in [1.807, 2.05) is 0 Å². The van der Waals surface area contributed by atoms with Crippen molar-refractivity contribution in [2.45, 2.75) is 101 Å². The van der Waals surface area contributed by atoms with Crippen LogP contribution in [-0.2, 0) is 26.2 Å². The van der Waals surface area contributed by atoms with Gasteiger partial charge in [0.25, 0.3) is 5.91 Å². The molecular weight excluding hydrogens is 612 g/mol. The molecule has 1 aromatic heterocycles. The second-order valence-electron chi connectivity index (χ2n) is 14.9. The fourth-order valence-corrected chi connectivity index (χ4v) is 10.1. The summed E-state index contributed by atoms with van der Waals surface area (Å²) in [7, 11) is 0.0454. The summed E-state index contributed by atoms with van der Waals surface area (Å²) in [6.07, 6.45) is 12.8. The number of fused-ring (bicyclic) bond motifs is 8. The number of ether oxygens (including phenoxy) is 1. The number of nitrogens with one attached hydrogen (secondary N) is 1. The number of carbonyl (C=O) groups is 2. The zero-order valence-electron chi connectivity index (χ0n) is 27.9. The number of nitrogens with zero attached hydrogens (tertiary/aromatic N) is 3. The highest BCUT2D eigenvalue weighted by atomic mass is 32.2. The minimum Gasteiger partial charge on any atom is -0.496 e. The van der Waals surface area contributed by atoms with Gasteiger partial charge < -0.3 is 19.1 Å². The van der Waals surface area contributed by atoms with Crippen molar-refractivity contribution in [3.63, 3.8) is 0 Å². The summed E-state index contributed by atoms with van der Waals surface area (Å²) in [6, 6.07) is 7.00. The van der Waals surface area contributed by atoms with Gasteiger partial charge in [-0.2, -0.15) is 0 Å². The predicted octanol–water partition coefficient (Wildman–Crippen LogP) is 5.14. The van der Waals surface area contributed by atoms with Gasteiger partial charge in [0.05, 0.1) is 29.4 Å². The Bertz CT molecular complexity index is 1860. The quantitative estimate of drug-likeness (QED) is 0.462. The molecule has 0 spiro atoms. The van der Waals surface area contributed by atoms with Crippen molar-refractivity contribution in [1.29, 1.82) is 0 Å². The van der Waals surface area contributed by atoms with Gasteiger partial charge in [0, 0.05) is 48.7 Å². The molecular formula is C37H46N4O5S. The van der Waals surface area contributed by atoms with E-state index in [4.69, 9.17) is 4.74 Å². The molecule has 6 aliphatic rings. The molecule has 1 saturated carbocycles. The number of likely N-dealkylation sites (N-methyl/N-ethyl adjacent to an activating group) is 1. The van der Waals surface area contributed by atoms with Gasteiger partial charge in [0.2, 0.25) is 15.9 Å². The van der Waals surface area contributed by atoms with Crippen molar-refractivity contribution in [3.8, 4) is 5.75 Å². The summed E-state index contributed by atoms with van der Waals surface area (Å²) in [6.45, 7) is 5.39. The third-order valence-electron chi connectivity index (χ3n) is 11.8. The van der Waals surface area contributed by atoms with Gasteiger partial charge in [-0.3, -0.25) is 9.59 Å². The van der Waals surface area contributed by atoms with Crippen LogP contribution in [0.1, 0.15) is 88.3 Å². The van der Waals surface area contributed by atoms with Crippen molar-refractivity contribution >= 4 is 32.7 Å². The Balaban J connectivity index is 1.30. The largest absolute Gasteiger partial charge is 0.496 e. The smallest absolute Gasteiger partial charge is 0.265 e. The normalized spacial score (nSPS) is 27.6. The third kappa shape index (κ3) is 4.92. The lowest BCUT2D eigenvalue weighted by Gasteiger charge is -2.43. The van der Waals surface area contributed by atoms with E-state index in [0.717, 1.165) is 77.8 Å². The van der Waals surface area contributed by atoms with Gasteiger partial charge in [-0.25, -0.2) is 13.1 Å². The number of hydrogen-bond donors (Lipinski definition) is 1. The molecule has 4 atom stereocenters. The summed E-state index contributed by atoms with van der Waals surface area (Å²) < 4.78 is 36.2. The standard InChI is InChI=1S/C37H46N4O5S/c1-21(2)47(44,45)38-36(42)34-29-20-40-30(17-28-31(46-4)16-15-25(35(28)40)22-9-6-5-7-10-22)32-26(33(29)34)11-8-12-27(32)37(43)41-23-13-14-24(41)19-39(3)18-23/h8,11,15-17,21-24,27,32H,5-7,9-10,12-14,18-20H2,1-4H3,(H,38,42)/t23?,24?,27-,32?/m1/s1. The number of piperazine rings is 1. The molecule has 10 heteroatoms. The Labute approximate surface area is 277 Å². The van der Waals surface area contributed by atoms with E-state index < -0.39 is 21.2 Å². The van der Waals surface area contributed by atoms with Crippen molar-refractivity contribution in [2.24, 2.45) is 5.92 Å². The lowest BCUT2D eigenvalue weighted by atomic mass is 9.75. The van der Waals surface area contributed by atoms with Gasteiger partial charge in [0.15, 0.2) is 0 Å². The first-order valence-corrected chi connectivity index (χ1v) is 19.0. The van der Waals surface area contributed by atoms with Gasteiger partial charge in [-0.1, -0.05) is 37.5 Å². The molecule has 2 bridgehead atoms. The topological polar surface area (TPSA) is 101 Å². The summed E-state index contributed by atoms with van der Waals surface area (Å²) in [5, 5.41) is 0.315.